The van der Waals surface area contributed by atoms with E-state index in [9.17, 15) is 8.42 Å². The van der Waals surface area contributed by atoms with Crippen molar-refractivity contribution in [2.45, 2.75) is 25.7 Å². The molecule has 3 aromatic rings. The summed E-state index contributed by atoms with van der Waals surface area (Å²) < 4.78 is 33.6. The molecular formula is C21H22N2O3S. The van der Waals surface area contributed by atoms with Gasteiger partial charge in [-0.15, -0.1) is 0 Å². The summed E-state index contributed by atoms with van der Waals surface area (Å²) in [7, 11) is -3.71. The van der Waals surface area contributed by atoms with E-state index in [0.717, 1.165) is 22.6 Å². The molecule has 0 unspecified atom stereocenters. The van der Waals surface area contributed by atoms with Crippen LogP contribution in [0.15, 0.2) is 65.6 Å². The monoisotopic (exact) mass is 382 g/mol. The fraction of sp³-hybridized carbons (Fsp3) is 0.190. The lowest BCUT2D eigenvalue weighted by atomic mass is 10.0. The van der Waals surface area contributed by atoms with Crippen molar-refractivity contribution < 1.29 is 13.2 Å². The Morgan fingerprint density at radius 3 is 2.41 bits per heavy atom. The Bertz CT molecular complexity index is 1060. The smallest absolute Gasteiger partial charge is 0.263 e. The number of sulfonamides is 1. The standard InChI is InChI=1S/C21H22N2O3S/c1-4-26-19-9-6-8-17(14-19)18-11-12-20(15(2)13-18)27(24,25)23-21-10-5-7-16(3)22-21/h5-14H,4H2,1-3H3,(H,22,23). The molecule has 0 atom stereocenters. The molecule has 27 heavy (non-hydrogen) atoms. The van der Waals surface area contributed by atoms with Crippen molar-refractivity contribution in [3.8, 4) is 16.9 Å². The van der Waals surface area contributed by atoms with Gasteiger partial charge in [0.1, 0.15) is 11.6 Å². The molecule has 0 bridgehead atoms. The van der Waals surface area contributed by atoms with Crippen LogP contribution >= 0.6 is 0 Å². The molecule has 1 heterocycles. The minimum Gasteiger partial charge on any atom is -0.494 e. The molecule has 0 fully saturated rings. The minimum atomic E-state index is -3.71. The first-order valence-corrected chi connectivity index (χ1v) is 10.2. The summed E-state index contributed by atoms with van der Waals surface area (Å²) in [5.41, 5.74) is 3.31. The lowest BCUT2D eigenvalue weighted by Crippen LogP contribution is -2.15. The third-order valence-electron chi connectivity index (χ3n) is 4.07. The number of hydrogen-bond donors (Lipinski definition) is 1. The third kappa shape index (κ3) is 4.46. The second kappa shape index (κ2) is 7.80. The summed E-state index contributed by atoms with van der Waals surface area (Å²) in [5, 5.41) is 0. The molecule has 140 valence electrons. The molecule has 0 aliphatic heterocycles. The summed E-state index contributed by atoms with van der Waals surface area (Å²) in [5.74, 6) is 1.10. The number of pyridine rings is 1. The average Bonchev–Trinajstić information content (AvgIpc) is 2.61. The Balaban J connectivity index is 1.91. The van der Waals surface area contributed by atoms with Gasteiger partial charge in [0.25, 0.3) is 10.0 Å². The molecule has 1 aromatic heterocycles. The van der Waals surface area contributed by atoms with Gasteiger partial charge in [0, 0.05) is 5.69 Å². The average molecular weight is 382 g/mol. The van der Waals surface area contributed by atoms with Gasteiger partial charge < -0.3 is 4.74 Å². The molecule has 0 radical (unpaired) electrons. The normalized spacial score (nSPS) is 11.2. The van der Waals surface area contributed by atoms with E-state index >= 15 is 0 Å². The molecule has 3 rings (SSSR count). The largest absolute Gasteiger partial charge is 0.494 e. The summed E-state index contributed by atoms with van der Waals surface area (Å²) in [4.78, 5) is 4.43. The van der Waals surface area contributed by atoms with Crippen LogP contribution in [0, 0.1) is 13.8 Å². The number of benzene rings is 2. The maximum Gasteiger partial charge on any atom is 0.263 e. The number of rotatable bonds is 6. The summed E-state index contributed by atoms with van der Waals surface area (Å²) in [6.07, 6.45) is 0. The van der Waals surface area contributed by atoms with Gasteiger partial charge in [-0.2, -0.15) is 0 Å². The fourth-order valence-electron chi connectivity index (χ4n) is 2.86. The van der Waals surface area contributed by atoms with E-state index in [2.05, 4.69) is 9.71 Å². The summed E-state index contributed by atoms with van der Waals surface area (Å²) in [6, 6.07) is 18.2. The minimum absolute atomic E-state index is 0.232. The number of nitrogens with one attached hydrogen (secondary N) is 1. The molecule has 0 aliphatic rings. The van der Waals surface area contributed by atoms with Crippen LogP contribution in [0.1, 0.15) is 18.2 Å². The van der Waals surface area contributed by atoms with Gasteiger partial charge in [-0.05, 0) is 67.8 Å². The van der Waals surface area contributed by atoms with Gasteiger partial charge in [-0.3, -0.25) is 4.72 Å². The number of aromatic nitrogens is 1. The van der Waals surface area contributed by atoms with E-state index in [-0.39, 0.29) is 4.90 Å². The lowest BCUT2D eigenvalue weighted by molar-refractivity contribution is 0.340. The first-order chi connectivity index (χ1) is 12.9. The molecular weight excluding hydrogens is 360 g/mol. The maximum absolute atomic E-state index is 12.7. The number of anilines is 1. The van der Waals surface area contributed by atoms with Crippen molar-refractivity contribution in [2.24, 2.45) is 0 Å². The molecule has 0 aliphatic carbocycles. The van der Waals surface area contributed by atoms with Gasteiger partial charge in [-0.1, -0.05) is 30.3 Å². The predicted molar refractivity (Wildman–Crippen MR) is 108 cm³/mol. The van der Waals surface area contributed by atoms with Gasteiger partial charge >= 0.3 is 0 Å². The highest BCUT2D eigenvalue weighted by Crippen LogP contribution is 2.28. The van der Waals surface area contributed by atoms with Crippen molar-refractivity contribution in [1.29, 1.82) is 0 Å². The maximum atomic E-state index is 12.7. The molecule has 0 saturated carbocycles. The summed E-state index contributed by atoms with van der Waals surface area (Å²) in [6.45, 7) is 6.13. The number of aryl methyl sites for hydroxylation is 2. The molecule has 0 amide bonds. The van der Waals surface area contributed by atoms with Crippen LogP contribution in [0.25, 0.3) is 11.1 Å². The van der Waals surface area contributed by atoms with Crippen LogP contribution in [-0.4, -0.2) is 20.0 Å². The molecule has 5 nitrogen and oxygen atoms in total. The van der Waals surface area contributed by atoms with Gasteiger partial charge in [0.2, 0.25) is 0 Å². The molecule has 6 heteroatoms. The highest BCUT2D eigenvalue weighted by atomic mass is 32.2. The Labute approximate surface area is 160 Å². The van der Waals surface area contributed by atoms with Gasteiger partial charge in [-0.25, -0.2) is 13.4 Å². The second-order valence-electron chi connectivity index (χ2n) is 6.21. The molecule has 2 aromatic carbocycles. The van der Waals surface area contributed by atoms with E-state index in [1.54, 1.807) is 31.2 Å². The van der Waals surface area contributed by atoms with Crippen molar-refractivity contribution in [3.05, 3.63) is 71.9 Å². The Hall–Kier alpha value is -2.86. The molecule has 0 spiro atoms. The van der Waals surface area contributed by atoms with Gasteiger partial charge in [0.05, 0.1) is 11.5 Å². The van der Waals surface area contributed by atoms with Crippen LogP contribution in [0.4, 0.5) is 5.82 Å². The highest BCUT2D eigenvalue weighted by molar-refractivity contribution is 7.92. The Morgan fingerprint density at radius 2 is 1.70 bits per heavy atom. The van der Waals surface area contributed by atoms with E-state index in [0.29, 0.717) is 18.0 Å². The zero-order valence-electron chi connectivity index (χ0n) is 15.6. The Kier molecular flexibility index (Phi) is 5.46. The van der Waals surface area contributed by atoms with Gasteiger partial charge in [0.15, 0.2) is 0 Å². The van der Waals surface area contributed by atoms with E-state index in [4.69, 9.17) is 4.74 Å². The van der Waals surface area contributed by atoms with Crippen LogP contribution < -0.4 is 9.46 Å². The first-order valence-electron chi connectivity index (χ1n) is 8.69. The molecule has 0 saturated heterocycles. The third-order valence-corrected chi connectivity index (χ3v) is 5.59. The van der Waals surface area contributed by atoms with Crippen molar-refractivity contribution in [1.82, 2.24) is 4.98 Å². The predicted octanol–water partition coefficient (Wildman–Crippen LogP) is 4.56. The van der Waals surface area contributed by atoms with E-state index in [1.807, 2.05) is 50.2 Å². The van der Waals surface area contributed by atoms with Crippen LogP contribution in [0.3, 0.4) is 0 Å². The lowest BCUT2D eigenvalue weighted by Gasteiger charge is -2.12. The Morgan fingerprint density at radius 1 is 0.963 bits per heavy atom. The van der Waals surface area contributed by atoms with E-state index < -0.39 is 10.0 Å². The number of hydrogen-bond acceptors (Lipinski definition) is 4. The van der Waals surface area contributed by atoms with E-state index in [1.165, 1.54) is 0 Å². The zero-order valence-corrected chi connectivity index (χ0v) is 16.4. The number of nitrogens with zero attached hydrogens (tertiary/aromatic N) is 1. The second-order valence-corrected chi connectivity index (χ2v) is 7.86. The molecule has 1 N–H and O–H groups in total. The quantitative estimate of drug-likeness (QED) is 0.678. The fourth-order valence-corrected chi connectivity index (χ4v) is 4.08. The SMILES string of the molecule is CCOc1cccc(-c2ccc(S(=O)(=O)Nc3cccc(C)n3)c(C)c2)c1. The zero-order chi connectivity index (χ0) is 19.4. The summed E-state index contributed by atoms with van der Waals surface area (Å²) >= 11 is 0. The van der Waals surface area contributed by atoms with Crippen molar-refractivity contribution >= 4 is 15.8 Å². The van der Waals surface area contributed by atoms with Crippen molar-refractivity contribution in [3.63, 3.8) is 0 Å². The van der Waals surface area contributed by atoms with Crippen molar-refractivity contribution in [2.75, 3.05) is 11.3 Å². The van der Waals surface area contributed by atoms with Crippen LogP contribution in [-0.2, 0) is 10.0 Å². The highest BCUT2D eigenvalue weighted by Gasteiger charge is 2.18. The van der Waals surface area contributed by atoms with Crippen LogP contribution in [0.2, 0.25) is 0 Å². The first kappa shape index (κ1) is 18.9. The van der Waals surface area contributed by atoms with Crippen LogP contribution in [0.5, 0.6) is 5.75 Å². The topological polar surface area (TPSA) is 68.3 Å². The number of ether oxygens (including phenoxy) is 1.